The zero-order valence-corrected chi connectivity index (χ0v) is 19.0. The highest BCUT2D eigenvalue weighted by Gasteiger charge is 2.32. The molecule has 2 aromatic rings. The zero-order chi connectivity index (χ0) is 22.0. The first-order chi connectivity index (χ1) is 14.9. The standard InChI is InChI=1S/C24H30N2O4S/c1-18-6-3-4-14-26(18)31(28,29)23-8-5-7-20(16-23)24(27)25-15-13-21(17-25)19-9-11-22(30-2)12-10-19/h5,7-12,16,18,21H,3-4,6,13-15,17H2,1-2H3. The normalized spacial score (nSPS) is 22.5. The van der Waals surface area contributed by atoms with Crippen LogP contribution >= 0.6 is 0 Å². The summed E-state index contributed by atoms with van der Waals surface area (Å²) < 4.78 is 33.1. The number of sulfonamides is 1. The fourth-order valence-electron chi connectivity index (χ4n) is 4.63. The van der Waals surface area contributed by atoms with E-state index in [0.717, 1.165) is 31.4 Å². The van der Waals surface area contributed by atoms with E-state index < -0.39 is 10.0 Å². The van der Waals surface area contributed by atoms with Crippen LogP contribution < -0.4 is 4.74 Å². The summed E-state index contributed by atoms with van der Waals surface area (Å²) in [6, 6.07) is 14.5. The van der Waals surface area contributed by atoms with E-state index in [1.54, 1.807) is 35.7 Å². The molecule has 2 atom stereocenters. The molecule has 1 amide bonds. The Bertz CT molecular complexity index is 1040. The van der Waals surface area contributed by atoms with Gasteiger partial charge in [0.25, 0.3) is 5.91 Å². The molecular weight excluding hydrogens is 412 g/mol. The molecule has 2 heterocycles. The van der Waals surface area contributed by atoms with Gasteiger partial charge < -0.3 is 9.64 Å². The number of methoxy groups -OCH3 is 1. The van der Waals surface area contributed by atoms with E-state index in [1.165, 1.54) is 5.56 Å². The predicted octanol–water partition coefficient (Wildman–Crippen LogP) is 3.89. The molecule has 166 valence electrons. The van der Waals surface area contributed by atoms with Crippen LogP contribution in [0.1, 0.15) is 54.4 Å². The Kier molecular flexibility index (Phi) is 6.34. The van der Waals surface area contributed by atoms with Crippen molar-refractivity contribution in [1.29, 1.82) is 0 Å². The lowest BCUT2D eigenvalue weighted by atomic mass is 9.98. The van der Waals surface area contributed by atoms with Gasteiger partial charge >= 0.3 is 0 Å². The fraction of sp³-hybridized carbons (Fsp3) is 0.458. The molecule has 0 bridgehead atoms. The molecule has 0 spiro atoms. The van der Waals surface area contributed by atoms with Gasteiger partial charge in [-0.25, -0.2) is 8.42 Å². The number of nitrogens with zero attached hydrogens (tertiary/aromatic N) is 2. The average Bonchev–Trinajstić information content (AvgIpc) is 3.29. The second-order valence-electron chi connectivity index (χ2n) is 8.50. The maximum Gasteiger partial charge on any atom is 0.253 e. The van der Waals surface area contributed by atoms with E-state index in [2.05, 4.69) is 0 Å². The van der Waals surface area contributed by atoms with Crippen molar-refractivity contribution in [2.24, 2.45) is 0 Å². The molecule has 2 fully saturated rings. The van der Waals surface area contributed by atoms with Crippen LogP contribution in [-0.4, -0.2) is 56.3 Å². The largest absolute Gasteiger partial charge is 0.497 e. The van der Waals surface area contributed by atoms with E-state index in [4.69, 9.17) is 4.74 Å². The summed E-state index contributed by atoms with van der Waals surface area (Å²) in [5, 5.41) is 0. The van der Waals surface area contributed by atoms with Crippen LogP contribution in [0.3, 0.4) is 0 Å². The first kappa shape index (κ1) is 21.8. The molecule has 0 aliphatic carbocycles. The predicted molar refractivity (Wildman–Crippen MR) is 120 cm³/mol. The van der Waals surface area contributed by atoms with Gasteiger partial charge in [-0.05, 0) is 62.1 Å². The molecule has 0 aromatic heterocycles. The lowest BCUT2D eigenvalue weighted by Gasteiger charge is -2.32. The highest BCUT2D eigenvalue weighted by Crippen LogP contribution is 2.30. The average molecular weight is 443 g/mol. The molecule has 7 heteroatoms. The first-order valence-corrected chi connectivity index (χ1v) is 12.4. The van der Waals surface area contributed by atoms with Gasteiger partial charge in [0.05, 0.1) is 12.0 Å². The molecule has 2 aromatic carbocycles. The molecule has 2 unspecified atom stereocenters. The van der Waals surface area contributed by atoms with E-state index in [9.17, 15) is 13.2 Å². The van der Waals surface area contributed by atoms with Gasteiger partial charge in [-0.1, -0.05) is 24.6 Å². The van der Waals surface area contributed by atoms with Crippen LogP contribution in [0.2, 0.25) is 0 Å². The van der Waals surface area contributed by atoms with Gasteiger partial charge in [0.1, 0.15) is 5.75 Å². The quantitative estimate of drug-likeness (QED) is 0.705. The van der Waals surface area contributed by atoms with Crippen molar-refractivity contribution < 1.29 is 17.9 Å². The third kappa shape index (κ3) is 4.48. The number of amides is 1. The summed E-state index contributed by atoms with van der Waals surface area (Å²) >= 11 is 0. The molecule has 0 radical (unpaired) electrons. The SMILES string of the molecule is COc1ccc(C2CCN(C(=O)c3cccc(S(=O)(=O)N4CCCCC4C)c3)C2)cc1. The van der Waals surface area contributed by atoms with Gasteiger partial charge in [0, 0.05) is 37.2 Å². The topological polar surface area (TPSA) is 66.9 Å². The summed E-state index contributed by atoms with van der Waals surface area (Å²) in [5.74, 6) is 0.978. The van der Waals surface area contributed by atoms with Crippen molar-refractivity contribution in [3.63, 3.8) is 0 Å². The maximum absolute atomic E-state index is 13.2. The number of carbonyl (C=O) groups excluding carboxylic acids is 1. The highest BCUT2D eigenvalue weighted by atomic mass is 32.2. The molecule has 4 rings (SSSR count). The van der Waals surface area contributed by atoms with Crippen LogP contribution in [0, 0.1) is 0 Å². The molecule has 0 N–H and O–H groups in total. The first-order valence-electron chi connectivity index (χ1n) is 11.0. The molecule has 2 aliphatic rings. The van der Waals surface area contributed by atoms with Gasteiger partial charge in [0.15, 0.2) is 0 Å². The van der Waals surface area contributed by atoms with Crippen molar-refractivity contribution in [2.75, 3.05) is 26.7 Å². The van der Waals surface area contributed by atoms with Crippen LogP contribution in [-0.2, 0) is 10.0 Å². The Morgan fingerprint density at radius 3 is 2.52 bits per heavy atom. The molecule has 6 nitrogen and oxygen atoms in total. The van der Waals surface area contributed by atoms with Crippen LogP contribution in [0.15, 0.2) is 53.4 Å². The number of piperidine rings is 1. The Hall–Kier alpha value is -2.38. The second-order valence-corrected chi connectivity index (χ2v) is 10.4. The Morgan fingerprint density at radius 2 is 1.81 bits per heavy atom. The number of hydrogen-bond acceptors (Lipinski definition) is 4. The minimum absolute atomic E-state index is 0.0121. The highest BCUT2D eigenvalue weighted by molar-refractivity contribution is 7.89. The lowest BCUT2D eigenvalue weighted by Crippen LogP contribution is -2.42. The summed E-state index contributed by atoms with van der Waals surface area (Å²) in [7, 11) is -1.96. The summed E-state index contributed by atoms with van der Waals surface area (Å²) in [6.45, 7) is 3.79. The van der Waals surface area contributed by atoms with Crippen molar-refractivity contribution >= 4 is 15.9 Å². The summed E-state index contributed by atoms with van der Waals surface area (Å²) in [4.78, 5) is 15.2. The van der Waals surface area contributed by atoms with Gasteiger partial charge in [-0.3, -0.25) is 4.79 Å². The maximum atomic E-state index is 13.2. The van der Waals surface area contributed by atoms with Gasteiger partial charge in [0.2, 0.25) is 10.0 Å². The number of rotatable bonds is 5. The minimum Gasteiger partial charge on any atom is -0.497 e. The molecular formula is C24H30N2O4S. The van der Waals surface area contributed by atoms with Crippen LogP contribution in [0.5, 0.6) is 5.75 Å². The smallest absolute Gasteiger partial charge is 0.253 e. The van der Waals surface area contributed by atoms with Gasteiger partial charge in [-0.15, -0.1) is 0 Å². The Balaban J connectivity index is 1.49. The second kappa shape index (κ2) is 9.01. The fourth-order valence-corrected chi connectivity index (χ4v) is 6.38. The third-order valence-corrected chi connectivity index (χ3v) is 8.50. The Morgan fingerprint density at radius 1 is 1.03 bits per heavy atom. The molecule has 0 saturated carbocycles. The van der Waals surface area contributed by atoms with E-state index in [1.807, 2.05) is 36.1 Å². The Labute approximate surface area is 184 Å². The number of likely N-dealkylation sites (tertiary alicyclic amines) is 1. The zero-order valence-electron chi connectivity index (χ0n) is 18.2. The van der Waals surface area contributed by atoms with Crippen molar-refractivity contribution in [3.05, 3.63) is 59.7 Å². The van der Waals surface area contributed by atoms with E-state index >= 15 is 0 Å². The molecule has 2 aliphatic heterocycles. The van der Waals surface area contributed by atoms with E-state index in [-0.39, 0.29) is 22.8 Å². The molecule has 31 heavy (non-hydrogen) atoms. The number of carbonyl (C=O) groups is 1. The van der Waals surface area contributed by atoms with E-state index in [0.29, 0.717) is 25.2 Å². The number of hydrogen-bond donors (Lipinski definition) is 0. The third-order valence-electron chi connectivity index (χ3n) is 6.49. The van der Waals surface area contributed by atoms with Crippen LogP contribution in [0.4, 0.5) is 0 Å². The monoisotopic (exact) mass is 442 g/mol. The van der Waals surface area contributed by atoms with Gasteiger partial charge in [-0.2, -0.15) is 4.31 Å². The number of benzene rings is 2. The minimum atomic E-state index is -3.60. The van der Waals surface area contributed by atoms with Crippen LogP contribution in [0.25, 0.3) is 0 Å². The molecule has 2 saturated heterocycles. The van der Waals surface area contributed by atoms with Crippen molar-refractivity contribution in [1.82, 2.24) is 9.21 Å². The lowest BCUT2D eigenvalue weighted by molar-refractivity contribution is 0.0790. The number of ether oxygens (including phenoxy) is 1. The van der Waals surface area contributed by atoms with Crippen molar-refractivity contribution in [3.8, 4) is 5.75 Å². The summed E-state index contributed by atoms with van der Waals surface area (Å²) in [5.41, 5.74) is 1.62. The van der Waals surface area contributed by atoms with Crippen molar-refractivity contribution in [2.45, 2.75) is 49.5 Å². The summed E-state index contributed by atoms with van der Waals surface area (Å²) in [6.07, 6.45) is 3.69.